The SMILES string of the molecule is CCCCCCC(CC)N/C(=C/NC)C(=O)O. The van der Waals surface area contributed by atoms with Gasteiger partial charge in [0.1, 0.15) is 5.70 Å². The molecule has 0 aliphatic carbocycles. The van der Waals surface area contributed by atoms with Gasteiger partial charge in [-0.15, -0.1) is 0 Å². The first-order valence-corrected chi connectivity index (χ1v) is 6.52. The van der Waals surface area contributed by atoms with Gasteiger partial charge in [0.05, 0.1) is 0 Å². The van der Waals surface area contributed by atoms with Crippen LogP contribution in [0, 0.1) is 0 Å². The van der Waals surface area contributed by atoms with Crippen LogP contribution in [0.3, 0.4) is 0 Å². The minimum atomic E-state index is -0.911. The summed E-state index contributed by atoms with van der Waals surface area (Å²) in [6.45, 7) is 4.27. The molecule has 0 rings (SSSR count). The Morgan fingerprint density at radius 3 is 2.47 bits per heavy atom. The van der Waals surface area contributed by atoms with Crippen molar-refractivity contribution in [1.82, 2.24) is 10.6 Å². The summed E-state index contributed by atoms with van der Waals surface area (Å²) >= 11 is 0. The second-order valence-corrected chi connectivity index (χ2v) is 4.25. The molecule has 0 aliphatic heterocycles. The molecule has 1 atom stereocenters. The van der Waals surface area contributed by atoms with Crippen LogP contribution in [0.4, 0.5) is 0 Å². The lowest BCUT2D eigenvalue weighted by Gasteiger charge is -2.18. The molecular weight excluding hydrogens is 216 g/mol. The molecule has 0 saturated carbocycles. The van der Waals surface area contributed by atoms with Crippen molar-refractivity contribution >= 4 is 5.97 Å². The lowest BCUT2D eigenvalue weighted by atomic mass is 10.1. The van der Waals surface area contributed by atoms with Crippen LogP contribution < -0.4 is 10.6 Å². The van der Waals surface area contributed by atoms with E-state index < -0.39 is 5.97 Å². The van der Waals surface area contributed by atoms with E-state index in [0.29, 0.717) is 0 Å². The highest BCUT2D eigenvalue weighted by molar-refractivity contribution is 5.85. The molecular formula is C13H26N2O2. The quantitative estimate of drug-likeness (QED) is 0.407. The summed E-state index contributed by atoms with van der Waals surface area (Å²) in [5.41, 5.74) is 0.245. The molecule has 3 N–H and O–H groups in total. The number of carboxylic acid groups (broad SMARTS) is 1. The summed E-state index contributed by atoms with van der Waals surface area (Å²) < 4.78 is 0. The molecule has 0 radical (unpaired) electrons. The Balaban J connectivity index is 4.09. The lowest BCUT2D eigenvalue weighted by molar-refractivity contribution is -0.133. The zero-order valence-corrected chi connectivity index (χ0v) is 11.3. The third kappa shape index (κ3) is 7.66. The fourth-order valence-corrected chi connectivity index (χ4v) is 1.73. The highest BCUT2D eigenvalue weighted by atomic mass is 16.4. The summed E-state index contributed by atoms with van der Waals surface area (Å²) in [7, 11) is 1.70. The van der Waals surface area contributed by atoms with Gasteiger partial charge in [0.2, 0.25) is 0 Å². The second kappa shape index (κ2) is 10.00. The Hall–Kier alpha value is -1.19. The van der Waals surface area contributed by atoms with Crippen LogP contribution in [0.2, 0.25) is 0 Å². The molecule has 0 spiro atoms. The van der Waals surface area contributed by atoms with E-state index in [1.165, 1.54) is 25.5 Å². The molecule has 0 aromatic carbocycles. The monoisotopic (exact) mass is 242 g/mol. The van der Waals surface area contributed by atoms with Crippen LogP contribution in [0.5, 0.6) is 0 Å². The van der Waals surface area contributed by atoms with Crippen molar-refractivity contribution in [2.45, 2.75) is 58.4 Å². The van der Waals surface area contributed by atoms with E-state index in [2.05, 4.69) is 24.5 Å². The Morgan fingerprint density at radius 2 is 2.00 bits per heavy atom. The summed E-state index contributed by atoms with van der Waals surface area (Å²) in [6.07, 6.45) is 8.35. The molecule has 0 bridgehead atoms. The molecule has 0 aromatic heterocycles. The molecule has 0 fully saturated rings. The third-order valence-corrected chi connectivity index (χ3v) is 2.78. The number of rotatable bonds is 10. The van der Waals surface area contributed by atoms with Crippen LogP contribution in [-0.4, -0.2) is 24.2 Å². The number of carboxylic acids is 1. The number of unbranched alkanes of at least 4 members (excludes halogenated alkanes) is 3. The minimum Gasteiger partial charge on any atom is -0.477 e. The number of carbonyl (C=O) groups is 1. The van der Waals surface area contributed by atoms with E-state index in [9.17, 15) is 4.79 Å². The zero-order chi connectivity index (χ0) is 13.1. The maximum absolute atomic E-state index is 10.9. The van der Waals surface area contributed by atoms with Gasteiger partial charge in [-0.3, -0.25) is 0 Å². The van der Waals surface area contributed by atoms with Crippen LogP contribution in [0.25, 0.3) is 0 Å². The van der Waals surface area contributed by atoms with Gasteiger partial charge in [0.15, 0.2) is 0 Å². The lowest BCUT2D eigenvalue weighted by Crippen LogP contribution is -2.32. The van der Waals surface area contributed by atoms with Gasteiger partial charge >= 0.3 is 5.97 Å². The Bertz CT molecular complexity index is 240. The summed E-state index contributed by atoms with van der Waals surface area (Å²) in [5.74, 6) is -0.911. The van der Waals surface area contributed by atoms with Gasteiger partial charge in [-0.25, -0.2) is 4.79 Å². The van der Waals surface area contributed by atoms with Crippen LogP contribution >= 0.6 is 0 Å². The van der Waals surface area contributed by atoms with Crippen molar-refractivity contribution in [3.8, 4) is 0 Å². The van der Waals surface area contributed by atoms with Crippen molar-refractivity contribution < 1.29 is 9.90 Å². The van der Waals surface area contributed by atoms with Crippen molar-refractivity contribution in [3.63, 3.8) is 0 Å². The van der Waals surface area contributed by atoms with Gasteiger partial charge in [-0.2, -0.15) is 0 Å². The molecule has 0 aromatic rings. The maximum atomic E-state index is 10.9. The van der Waals surface area contributed by atoms with Gasteiger partial charge in [0.25, 0.3) is 0 Å². The standard InChI is InChI=1S/C13H26N2O2/c1-4-6-7-8-9-11(5-2)15-12(10-14-3)13(16)17/h10-11,14-15H,4-9H2,1-3H3,(H,16,17)/b12-10+. The molecule has 0 amide bonds. The van der Waals surface area contributed by atoms with Crippen molar-refractivity contribution in [1.29, 1.82) is 0 Å². The Kier molecular flexibility index (Phi) is 9.30. The fraction of sp³-hybridized carbons (Fsp3) is 0.769. The number of hydrogen-bond donors (Lipinski definition) is 3. The summed E-state index contributed by atoms with van der Waals surface area (Å²) in [5, 5.41) is 14.8. The number of aliphatic carboxylic acids is 1. The number of nitrogens with one attached hydrogen (secondary N) is 2. The van der Waals surface area contributed by atoms with Gasteiger partial charge in [-0.1, -0.05) is 39.5 Å². The van der Waals surface area contributed by atoms with E-state index in [0.717, 1.165) is 19.3 Å². The Labute approximate surface area is 104 Å². The van der Waals surface area contributed by atoms with Crippen LogP contribution in [0.1, 0.15) is 52.4 Å². The predicted octanol–water partition coefficient (Wildman–Crippen LogP) is 2.47. The fourth-order valence-electron chi connectivity index (χ4n) is 1.73. The first-order chi connectivity index (χ1) is 8.15. The van der Waals surface area contributed by atoms with Crippen molar-refractivity contribution in [2.24, 2.45) is 0 Å². The second-order valence-electron chi connectivity index (χ2n) is 4.25. The third-order valence-electron chi connectivity index (χ3n) is 2.78. The highest BCUT2D eigenvalue weighted by Gasteiger charge is 2.12. The molecule has 4 nitrogen and oxygen atoms in total. The maximum Gasteiger partial charge on any atom is 0.353 e. The smallest absolute Gasteiger partial charge is 0.353 e. The molecule has 0 heterocycles. The largest absolute Gasteiger partial charge is 0.477 e. The van der Waals surface area contributed by atoms with E-state index in [4.69, 9.17) is 5.11 Å². The van der Waals surface area contributed by atoms with Crippen LogP contribution in [-0.2, 0) is 4.79 Å². The number of hydrogen-bond acceptors (Lipinski definition) is 3. The van der Waals surface area contributed by atoms with E-state index in [-0.39, 0.29) is 11.7 Å². The topological polar surface area (TPSA) is 61.4 Å². The average molecular weight is 242 g/mol. The molecule has 17 heavy (non-hydrogen) atoms. The molecule has 4 heteroatoms. The van der Waals surface area contributed by atoms with Gasteiger partial charge in [0, 0.05) is 19.3 Å². The normalized spacial score (nSPS) is 13.2. The average Bonchev–Trinajstić information content (AvgIpc) is 2.31. The van der Waals surface area contributed by atoms with Gasteiger partial charge < -0.3 is 15.7 Å². The van der Waals surface area contributed by atoms with E-state index >= 15 is 0 Å². The highest BCUT2D eigenvalue weighted by Crippen LogP contribution is 2.09. The molecule has 0 aliphatic rings. The molecule has 0 saturated heterocycles. The first-order valence-electron chi connectivity index (χ1n) is 6.52. The van der Waals surface area contributed by atoms with E-state index in [1.807, 2.05) is 0 Å². The van der Waals surface area contributed by atoms with Crippen molar-refractivity contribution in [3.05, 3.63) is 11.9 Å². The molecule has 1 unspecified atom stereocenters. The Morgan fingerprint density at radius 1 is 1.29 bits per heavy atom. The first kappa shape index (κ1) is 15.8. The van der Waals surface area contributed by atoms with E-state index in [1.54, 1.807) is 7.05 Å². The predicted molar refractivity (Wildman–Crippen MR) is 70.8 cm³/mol. The van der Waals surface area contributed by atoms with Crippen molar-refractivity contribution in [2.75, 3.05) is 7.05 Å². The van der Waals surface area contributed by atoms with Gasteiger partial charge in [-0.05, 0) is 12.8 Å². The summed E-state index contributed by atoms with van der Waals surface area (Å²) in [4.78, 5) is 10.9. The van der Waals surface area contributed by atoms with Crippen LogP contribution in [0.15, 0.2) is 11.9 Å². The zero-order valence-electron chi connectivity index (χ0n) is 11.3. The minimum absolute atomic E-state index is 0.245. The summed E-state index contributed by atoms with van der Waals surface area (Å²) in [6, 6.07) is 0.252. The molecule has 100 valence electrons.